The number of nitrogens with two attached hydrogens (primary N) is 1. The number of primary sulfonamides is 1. The minimum atomic E-state index is -4.29. The summed E-state index contributed by atoms with van der Waals surface area (Å²) in [5, 5.41) is 15.2. The van der Waals surface area contributed by atoms with Gasteiger partial charge in [0.25, 0.3) is 0 Å². The topological polar surface area (TPSA) is 122 Å². The maximum atomic E-state index is 12.6. The van der Waals surface area contributed by atoms with Crippen LogP contribution in [0.15, 0.2) is 41.3 Å². The second-order valence-electron chi connectivity index (χ2n) is 8.60. The Hall–Kier alpha value is -2.82. The lowest BCUT2D eigenvalue weighted by atomic mass is 10.1. The Morgan fingerprint density at radius 2 is 1.63 bits per heavy atom. The number of benzene rings is 2. The van der Waals surface area contributed by atoms with E-state index in [0.29, 0.717) is 36.9 Å². The highest BCUT2D eigenvalue weighted by atomic mass is 32.2. The van der Waals surface area contributed by atoms with Crippen molar-refractivity contribution in [2.24, 2.45) is 5.14 Å². The summed E-state index contributed by atoms with van der Waals surface area (Å²) >= 11 is 0. The first-order valence-electron chi connectivity index (χ1n) is 11.8. The number of ether oxygens (including phenoxy) is 2. The lowest BCUT2D eigenvalue weighted by Gasteiger charge is -2.28. The van der Waals surface area contributed by atoms with Gasteiger partial charge < -0.3 is 24.4 Å². The Labute approximate surface area is 208 Å². The maximum Gasteiger partial charge on any atom is 0.335 e. The highest BCUT2D eigenvalue weighted by Gasteiger charge is 2.26. The molecule has 2 aromatic carbocycles. The molecule has 0 saturated carbocycles. The largest absolute Gasteiger partial charge is 0.492 e. The summed E-state index contributed by atoms with van der Waals surface area (Å²) in [6, 6.07) is 9.38. The summed E-state index contributed by atoms with van der Waals surface area (Å²) in [6.45, 7) is 6.55. The van der Waals surface area contributed by atoms with Gasteiger partial charge >= 0.3 is 5.97 Å². The third-order valence-electron chi connectivity index (χ3n) is 5.33. The molecule has 0 aromatic heterocycles. The van der Waals surface area contributed by atoms with Crippen LogP contribution in [-0.4, -0.2) is 64.7 Å². The van der Waals surface area contributed by atoms with Crippen LogP contribution in [0.3, 0.4) is 0 Å². The quantitative estimate of drug-likeness (QED) is 0.368. The van der Waals surface area contributed by atoms with Gasteiger partial charge in [-0.3, -0.25) is 0 Å². The van der Waals surface area contributed by atoms with E-state index in [-0.39, 0.29) is 16.2 Å². The van der Waals surface area contributed by atoms with Gasteiger partial charge in [-0.15, -0.1) is 0 Å². The number of unbranched alkanes of at least 4 members (excludes halogenated alkanes) is 2. The number of nitrogens with zero attached hydrogens (tertiary/aromatic N) is 2. The Bertz CT molecular complexity index is 1080. The SMILES string of the molecule is CCCCN(CCCC)c1cc(C(=O)O)cc(S(N)(=O)=O)c1Oc1cccc(OCCN(C)C)c1. The third kappa shape index (κ3) is 8.72. The second-order valence-corrected chi connectivity index (χ2v) is 10.1. The minimum Gasteiger partial charge on any atom is -0.492 e. The Morgan fingerprint density at radius 3 is 2.17 bits per heavy atom. The van der Waals surface area contributed by atoms with Crippen molar-refractivity contribution in [1.29, 1.82) is 0 Å². The van der Waals surface area contributed by atoms with Crippen LogP contribution in [0.25, 0.3) is 0 Å². The van der Waals surface area contributed by atoms with Crippen LogP contribution in [0.1, 0.15) is 49.9 Å². The van der Waals surface area contributed by atoms with Gasteiger partial charge in [0, 0.05) is 25.7 Å². The van der Waals surface area contributed by atoms with Crippen LogP contribution in [0.2, 0.25) is 0 Å². The van der Waals surface area contributed by atoms with Crippen LogP contribution in [0, 0.1) is 0 Å². The van der Waals surface area contributed by atoms with Crippen LogP contribution < -0.4 is 19.5 Å². The Balaban J connectivity index is 2.60. The smallest absolute Gasteiger partial charge is 0.335 e. The van der Waals surface area contributed by atoms with Gasteiger partial charge in [-0.2, -0.15) is 0 Å². The van der Waals surface area contributed by atoms with Gasteiger partial charge in [0.1, 0.15) is 23.0 Å². The number of likely N-dealkylation sites (N-methyl/N-ethyl adjacent to an activating group) is 1. The minimum absolute atomic E-state index is 0.00940. The molecule has 0 amide bonds. The first kappa shape index (κ1) is 28.4. The molecule has 35 heavy (non-hydrogen) atoms. The van der Waals surface area contributed by atoms with Crippen LogP contribution in [0.4, 0.5) is 5.69 Å². The van der Waals surface area contributed by atoms with Gasteiger partial charge in [-0.25, -0.2) is 18.4 Å². The second kappa shape index (κ2) is 13.3. The van der Waals surface area contributed by atoms with Crippen molar-refractivity contribution in [2.75, 3.05) is 45.2 Å². The average Bonchev–Trinajstić information content (AvgIpc) is 2.78. The standard InChI is InChI=1S/C25H37N3O6S/c1-5-7-12-28(13-8-6-2)22-16-19(25(29)30)17-23(35(26,31)32)24(22)34-21-11-9-10-20(18-21)33-15-14-27(3)4/h9-11,16-18H,5-8,12-15H2,1-4H3,(H,29,30)(H2,26,31,32). The fraction of sp³-hybridized carbons (Fsp3) is 0.480. The van der Waals surface area contributed by atoms with Crippen LogP contribution in [-0.2, 0) is 10.0 Å². The number of carbonyl (C=O) groups is 1. The lowest BCUT2D eigenvalue weighted by molar-refractivity contribution is 0.0696. The third-order valence-corrected chi connectivity index (χ3v) is 6.24. The van der Waals surface area contributed by atoms with Crippen molar-refractivity contribution < 1.29 is 27.8 Å². The van der Waals surface area contributed by atoms with Gasteiger partial charge in [-0.1, -0.05) is 32.8 Å². The first-order valence-corrected chi connectivity index (χ1v) is 13.4. The molecule has 0 unspecified atom stereocenters. The number of hydrogen-bond donors (Lipinski definition) is 2. The van der Waals surface area contributed by atoms with Crippen LogP contribution >= 0.6 is 0 Å². The van der Waals surface area contributed by atoms with Gasteiger partial charge in [0.2, 0.25) is 10.0 Å². The fourth-order valence-corrected chi connectivity index (χ4v) is 4.10. The van der Waals surface area contributed by atoms with E-state index in [1.165, 1.54) is 6.07 Å². The van der Waals surface area contributed by atoms with Gasteiger partial charge in [-0.05, 0) is 51.2 Å². The van der Waals surface area contributed by atoms with E-state index in [2.05, 4.69) is 13.8 Å². The number of rotatable bonds is 15. The highest BCUT2D eigenvalue weighted by Crippen LogP contribution is 2.40. The van der Waals surface area contributed by atoms with E-state index in [4.69, 9.17) is 14.6 Å². The number of carboxylic acid groups (broad SMARTS) is 1. The van der Waals surface area contributed by atoms with Crippen molar-refractivity contribution in [2.45, 2.75) is 44.4 Å². The molecule has 3 N–H and O–H groups in total. The molecule has 0 aliphatic heterocycles. The zero-order valence-corrected chi connectivity index (χ0v) is 21.8. The predicted molar refractivity (Wildman–Crippen MR) is 137 cm³/mol. The first-order chi connectivity index (χ1) is 16.6. The summed E-state index contributed by atoms with van der Waals surface area (Å²) in [6.07, 6.45) is 3.54. The van der Waals surface area contributed by atoms with Crippen molar-refractivity contribution in [3.63, 3.8) is 0 Å². The molecular weight excluding hydrogens is 470 g/mol. The maximum absolute atomic E-state index is 12.6. The molecule has 194 valence electrons. The Kier molecular flexibility index (Phi) is 10.8. The van der Waals surface area contributed by atoms with Crippen molar-refractivity contribution in [1.82, 2.24) is 4.90 Å². The normalized spacial score (nSPS) is 11.5. The van der Waals surface area contributed by atoms with E-state index in [9.17, 15) is 18.3 Å². The number of aromatic carboxylic acids is 1. The summed E-state index contributed by atoms with van der Waals surface area (Å²) in [4.78, 5) is 15.4. The number of hydrogen-bond acceptors (Lipinski definition) is 7. The lowest BCUT2D eigenvalue weighted by Crippen LogP contribution is -2.27. The molecule has 2 aromatic rings. The molecular formula is C25H37N3O6S. The molecule has 0 atom stereocenters. The zero-order chi connectivity index (χ0) is 26.0. The molecule has 0 saturated heterocycles. The van der Waals surface area contributed by atoms with Gasteiger partial charge in [0.15, 0.2) is 5.75 Å². The van der Waals surface area contributed by atoms with Crippen LogP contribution in [0.5, 0.6) is 17.2 Å². The van der Waals surface area contributed by atoms with Crippen molar-refractivity contribution in [3.05, 3.63) is 42.0 Å². The number of anilines is 1. The molecule has 10 heteroatoms. The molecule has 0 heterocycles. The van der Waals surface area contributed by atoms with E-state index >= 15 is 0 Å². The Morgan fingerprint density at radius 1 is 1.00 bits per heavy atom. The van der Waals surface area contributed by atoms with E-state index in [0.717, 1.165) is 38.3 Å². The fourth-order valence-electron chi connectivity index (χ4n) is 3.40. The van der Waals surface area contributed by atoms with E-state index < -0.39 is 16.0 Å². The number of sulfonamides is 1. The average molecular weight is 508 g/mol. The molecule has 2 rings (SSSR count). The molecule has 0 aliphatic rings. The summed E-state index contributed by atoms with van der Waals surface area (Å²) in [5.41, 5.74) is 0.213. The van der Waals surface area contributed by atoms with E-state index in [1.54, 1.807) is 24.3 Å². The molecule has 9 nitrogen and oxygen atoms in total. The summed E-state index contributed by atoms with van der Waals surface area (Å²) in [7, 11) is -0.398. The zero-order valence-electron chi connectivity index (χ0n) is 21.0. The van der Waals surface area contributed by atoms with Crippen molar-refractivity contribution >= 4 is 21.7 Å². The molecule has 0 fully saturated rings. The predicted octanol–water partition coefficient (Wildman–Crippen LogP) is 4.17. The number of carboxylic acids is 1. The highest BCUT2D eigenvalue weighted by molar-refractivity contribution is 7.89. The monoisotopic (exact) mass is 507 g/mol. The van der Waals surface area contributed by atoms with Gasteiger partial charge in [0.05, 0.1) is 11.3 Å². The molecule has 0 radical (unpaired) electrons. The molecule has 0 aliphatic carbocycles. The summed E-state index contributed by atoms with van der Waals surface area (Å²) < 4.78 is 37.0. The molecule has 0 bridgehead atoms. The summed E-state index contributed by atoms with van der Waals surface area (Å²) in [5.74, 6) is -0.313. The van der Waals surface area contributed by atoms with E-state index in [1.807, 2.05) is 23.9 Å². The van der Waals surface area contributed by atoms with Crippen molar-refractivity contribution in [3.8, 4) is 17.2 Å². The molecule has 0 spiro atoms.